The molecule has 0 bridgehead atoms. The SMILES string of the molecule is [2H]c1nc(-c2[c-]c(-c3cccc4c3nc(-c3cc(C(C([2H])([2H])[2H])(C([2H])([2H])[2H])C([2H])([2H])[2H])cc(C(C([2H])([2H])[2H])(C([2H])([2H])[2H])C([2H])([2H])[2H])c3O)n4-c3ccc(-c4c(-c5ccccc5)cccc4C(C)(C)C)cc3C([2H])([2H])[2H])cc(C(C)(C)C)c2)c([2H])c(-c2c([2H])c([2H])c(C([2H])([2H])[2H])c([2H])c2[2H])c1[2H].[Pt]. The van der Waals surface area contributed by atoms with Gasteiger partial charge in [0.15, 0.2) is 0 Å². The van der Waals surface area contributed by atoms with E-state index in [0.29, 0.717) is 28.3 Å². The molecule has 0 saturated carbocycles. The van der Waals surface area contributed by atoms with Gasteiger partial charge in [-0.1, -0.05) is 202 Å². The first kappa shape index (κ1) is 24.9. The van der Waals surface area contributed by atoms with Crippen molar-refractivity contribution < 1.29 is 68.7 Å². The zero-order chi connectivity index (χ0) is 76.2. The number of hydrogen-bond acceptors (Lipinski definition) is 3. The third-order valence-corrected chi connectivity index (χ3v) is 12.1. The Hall–Kier alpha value is -6.35. The van der Waals surface area contributed by atoms with Crippen LogP contribution < -0.4 is 0 Å². The van der Waals surface area contributed by atoms with E-state index in [9.17, 15) is 10.6 Å². The van der Waals surface area contributed by atoms with Crippen LogP contribution in [0.25, 0.3) is 83.9 Å². The summed E-state index contributed by atoms with van der Waals surface area (Å²) >= 11 is 0. The summed E-state index contributed by atoms with van der Waals surface area (Å²) in [6.07, 6.45) is -0.848. The van der Waals surface area contributed by atoms with Gasteiger partial charge >= 0.3 is 0 Å². The van der Waals surface area contributed by atoms with E-state index in [2.05, 4.69) is 11.1 Å². The normalized spacial score (nSPS) is 20.1. The summed E-state index contributed by atoms with van der Waals surface area (Å²) in [5, 5.41) is 13.2. The van der Waals surface area contributed by atoms with E-state index in [-0.39, 0.29) is 60.5 Å². The van der Waals surface area contributed by atoms with Gasteiger partial charge in [0.2, 0.25) is 0 Å². The Morgan fingerprint density at radius 2 is 1.28 bits per heavy atom. The largest absolute Gasteiger partial charge is 0.507 e. The Balaban J connectivity index is 0.0000132. The molecule has 9 rings (SSSR count). The van der Waals surface area contributed by atoms with Crippen molar-refractivity contribution in [3.05, 3.63) is 191 Å². The molecule has 364 valence electrons. The molecule has 2 aromatic heterocycles. The van der Waals surface area contributed by atoms with Crippen LogP contribution >= 0.6 is 0 Å². The molecule has 0 spiro atoms. The van der Waals surface area contributed by atoms with Gasteiger partial charge in [-0.05, 0) is 116 Å². The minimum absolute atomic E-state index is 0. The van der Waals surface area contributed by atoms with Crippen LogP contribution in [-0.4, -0.2) is 19.6 Å². The van der Waals surface area contributed by atoms with Gasteiger partial charge in [-0.25, -0.2) is 4.98 Å². The molecule has 7 aromatic carbocycles. The molecule has 0 saturated heterocycles. The van der Waals surface area contributed by atoms with E-state index >= 15 is 0 Å². The molecule has 4 nitrogen and oxygen atoms in total. The van der Waals surface area contributed by atoms with Crippen molar-refractivity contribution in [2.75, 3.05) is 0 Å². The van der Waals surface area contributed by atoms with Crippen molar-refractivity contribution in [2.24, 2.45) is 0 Å². The molecule has 0 radical (unpaired) electrons. The van der Waals surface area contributed by atoms with E-state index in [4.69, 9.17) is 42.0 Å². The molecule has 71 heavy (non-hydrogen) atoms. The van der Waals surface area contributed by atoms with Crippen molar-refractivity contribution >= 4 is 11.0 Å². The van der Waals surface area contributed by atoms with Crippen molar-refractivity contribution in [2.45, 2.75) is 118 Å². The summed E-state index contributed by atoms with van der Waals surface area (Å²) in [6.45, 7) is -20.9. The fourth-order valence-corrected chi connectivity index (χ4v) is 8.56. The fourth-order valence-electron chi connectivity index (χ4n) is 8.56. The van der Waals surface area contributed by atoms with Gasteiger partial charge in [0, 0.05) is 71.4 Å². The molecule has 2 heterocycles. The molecule has 0 aliphatic heterocycles. The van der Waals surface area contributed by atoms with Crippen molar-refractivity contribution in [3.63, 3.8) is 0 Å². The number of aromatic nitrogens is 3. The molecule has 5 heteroatoms. The average molecular weight is 1150 g/mol. The van der Waals surface area contributed by atoms with Crippen molar-refractivity contribution in [3.8, 4) is 78.6 Å². The molecule has 0 unspecified atom stereocenters. The quantitative estimate of drug-likeness (QED) is 0.162. The predicted molar refractivity (Wildman–Crippen MR) is 296 cm³/mol. The van der Waals surface area contributed by atoms with Gasteiger partial charge < -0.3 is 5.11 Å². The Labute approximate surface area is 481 Å². The molecule has 9 aromatic rings. The van der Waals surface area contributed by atoms with Gasteiger partial charge in [0.25, 0.3) is 0 Å². The van der Waals surface area contributed by atoms with Gasteiger partial charge in [-0.3, -0.25) is 9.55 Å². The fraction of sp³-hybridized carbons (Fsp3) is 0.273. The number of imidazole rings is 1. The third kappa shape index (κ3) is 10.1. The van der Waals surface area contributed by atoms with Crippen LogP contribution in [0.5, 0.6) is 5.75 Å². The minimum Gasteiger partial charge on any atom is -0.507 e. The van der Waals surface area contributed by atoms with Gasteiger partial charge in [0.1, 0.15) is 11.6 Å². The maximum absolute atomic E-state index is 13.2. The summed E-state index contributed by atoms with van der Waals surface area (Å²) in [6, 6.07) is 24.6. The Morgan fingerprint density at radius 3 is 1.97 bits per heavy atom. The number of aryl methyl sites for hydroxylation is 1. The minimum atomic E-state index is -4.37. The monoisotopic (exact) mass is 1140 g/mol. The van der Waals surface area contributed by atoms with Crippen LogP contribution in [-0.2, 0) is 42.7 Å². The van der Waals surface area contributed by atoms with E-state index in [0.717, 1.165) is 15.7 Å². The van der Waals surface area contributed by atoms with Gasteiger partial charge in [0.05, 0.1) is 31.9 Å². The predicted octanol–water partition coefficient (Wildman–Crippen LogP) is 17.7. The first-order valence-corrected chi connectivity index (χ1v) is 22.2. The van der Waals surface area contributed by atoms with E-state index in [1.54, 1.807) is 32.9 Å². The first-order valence-electron chi connectivity index (χ1n) is 37.7. The van der Waals surface area contributed by atoms with Gasteiger partial charge in [-0.15, -0.1) is 29.3 Å². The van der Waals surface area contributed by atoms with Crippen molar-refractivity contribution in [1.82, 2.24) is 14.5 Å². The van der Waals surface area contributed by atoms with Crippen LogP contribution in [0.2, 0.25) is 0 Å². The van der Waals surface area contributed by atoms with E-state index in [1.807, 2.05) is 69.3 Å². The Bertz CT molecular complexity index is 4670. The zero-order valence-electron chi connectivity index (χ0n) is 70.5. The topological polar surface area (TPSA) is 50.9 Å². The second-order valence-electron chi connectivity index (χ2n) is 19.3. The standard InChI is InChI=1S/C66H68N3O.Pt/c1-41-26-28-43(29-27-41)45-32-33-67-56(38-45)48-35-47(36-49(37-48)63(3,4)5)52-23-19-25-58-60(52)68-62(53-39-50(64(6,7)8)40-55(61(53)70)66(12,13)14)69(58)57-31-30-46(34-42(57)2)59-51(44-20-16-15-17-21-44)22-18-24-54(59)65(9,10)11;/h15-34,36-40,70H,1-14H3;/q-1;/i1D3,2D3,6D3,7D3,8D3,12D3,13D3,14D3,26D,27D,28D,29D,32D,33D,38D;. The number of rotatable bonds is 7. The third-order valence-electron chi connectivity index (χ3n) is 12.1. The number of phenols is 1. The maximum Gasteiger partial charge on any atom is 0.148 e. The average Bonchev–Trinajstić information content (AvgIpc) is 0.756. The molecule has 0 atom stereocenters. The summed E-state index contributed by atoms with van der Waals surface area (Å²) in [4.78, 5) is 9.29. The number of fused-ring (bicyclic) bond motifs is 1. The smallest absolute Gasteiger partial charge is 0.148 e. The molecular formula is C66H68N3OPt-. The van der Waals surface area contributed by atoms with E-state index < -0.39 is 175 Å². The number of para-hydroxylation sites is 1. The molecule has 1 N–H and O–H groups in total. The summed E-state index contributed by atoms with van der Waals surface area (Å²) in [5.74, 6) is -2.46. The van der Waals surface area contributed by atoms with Crippen LogP contribution in [0, 0.1) is 19.8 Å². The summed E-state index contributed by atoms with van der Waals surface area (Å²) in [5.41, 5.74) is -15.1. The number of nitrogens with zero attached hydrogens (tertiary/aromatic N) is 3. The second kappa shape index (κ2) is 19.0. The summed E-state index contributed by atoms with van der Waals surface area (Å²) in [7, 11) is 0. The Morgan fingerprint density at radius 1 is 0.577 bits per heavy atom. The van der Waals surface area contributed by atoms with Crippen LogP contribution in [0.1, 0.15) is 159 Å². The number of aromatic hydroxyl groups is 1. The maximum atomic E-state index is 13.2. The van der Waals surface area contributed by atoms with Crippen LogP contribution in [0.4, 0.5) is 0 Å². The zero-order valence-corrected chi connectivity index (χ0v) is 41.8. The Kier molecular flexibility index (Phi) is 6.65. The second-order valence-corrected chi connectivity index (χ2v) is 19.3. The molecule has 0 aliphatic rings. The summed E-state index contributed by atoms with van der Waals surface area (Å²) < 4.78 is 275. The van der Waals surface area contributed by atoms with Crippen LogP contribution in [0.15, 0.2) is 152 Å². The molecule has 0 aliphatic carbocycles. The number of benzene rings is 7. The number of pyridine rings is 1. The molecule has 0 fully saturated rings. The molecular weight excluding hydrogens is 1050 g/mol. The first-order chi connectivity index (χ1) is 45.8. The molecule has 0 amide bonds. The van der Waals surface area contributed by atoms with Gasteiger partial charge in [-0.2, -0.15) is 0 Å². The number of hydrogen-bond donors (Lipinski definition) is 1. The van der Waals surface area contributed by atoms with E-state index in [1.165, 1.54) is 36.4 Å². The van der Waals surface area contributed by atoms with Crippen molar-refractivity contribution in [1.29, 1.82) is 0 Å². The van der Waals surface area contributed by atoms with Crippen LogP contribution in [0.3, 0.4) is 0 Å². The number of phenolic OH excluding ortho intramolecular Hbond substituents is 1.